The van der Waals surface area contributed by atoms with Crippen molar-refractivity contribution >= 4 is 0 Å². The molecule has 1 heterocycles. The molecule has 0 unspecified atom stereocenters. The first-order valence-corrected chi connectivity index (χ1v) is 6.65. The number of alkyl halides is 3. The van der Waals surface area contributed by atoms with E-state index in [1.807, 2.05) is 0 Å². The number of ether oxygens (including phenoxy) is 1. The molecule has 1 fully saturated rings. The quantitative estimate of drug-likeness (QED) is 0.818. The van der Waals surface area contributed by atoms with Crippen LogP contribution in [0.3, 0.4) is 0 Å². The lowest BCUT2D eigenvalue weighted by atomic mass is 10.0. The summed E-state index contributed by atoms with van der Waals surface area (Å²) in [5.41, 5.74) is -0.0649. The van der Waals surface area contributed by atoms with Gasteiger partial charge in [-0.25, -0.2) is 0 Å². The SMILES string of the molecule is OCCNC[C@H]1CC[C@@H](c2cccc(C(F)(F)F)c2)O1. The van der Waals surface area contributed by atoms with Crippen LogP contribution in [0.1, 0.15) is 30.1 Å². The van der Waals surface area contributed by atoms with Crippen LogP contribution in [-0.4, -0.2) is 30.9 Å². The van der Waals surface area contributed by atoms with Crippen LogP contribution < -0.4 is 5.32 Å². The molecule has 1 aromatic rings. The highest BCUT2D eigenvalue weighted by Crippen LogP contribution is 2.36. The third-order valence-corrected chi connectivity index (χ3v) is 3.35. The van der Waals surface area contributed by atoms with Gasteiger partial charge in [0.1, 0.15) is 0 Å². The van der Waals surface area contributed by atoms with Crippen LogP contribution in [0.5, 0.6) is 0 Å². The van der Waals surface area contributed by atoms with E-state index in [-0.39, 0.29) is 18.8 Å². The average Bonchev–Trinajstić information content (AvgIpc) is 2.87. The van der Waals surface area contributed by atoms with Crippen molar-refractivity contribution in [2.24, 2.45) is 0 Å². The molecule has 2 atom stereocenters. The minimum absolute atomic E-state index is 0.0129. The van der Waals surface area contributed by atoms with Crippen molar-refractivity contribution in [3.63, 3.8) is 0 Å². The molecule has 1 aliphatic rings. The second kappa shape index (κ2) is 6.56. The second-order valence-corrected chi connectivity index (χ2v) is 4.88. The summed E-state index contributed by atoms with van der Waals surface area (Å²) in [6.45, 7) is 1.16. The first-order valence-electron chi connectivity index (χ1n) is 6.65. The Kier molecular flexibility index (Phi) is 5.01. The number of halogens is 3. The maximum absolute atomic E-state index is 12.7. The first-order chi connectivity index (χ1) is 9.50. The smallest absolute Gasteiger partial charge is 0.395 e. The first kappa shape index (κ1) is 15.3. The standard InChI is InChI=1S/C14H18F3NO2/c15-14(16,17)11-3-1-2-10(8-11)13-5-4-12(20-13)9-18-6-7-19/h1-3,8,12-13,18-19H,4-7,9H2/t12-,13+/m1/s1. The summed E-state index contributed by atoms with van der Waals surface area (Å²) < 4.78 is 43.7. The maximum atomic E-state index is 12.7. The Bertz CT molecular complexity index is 437. The predicted octanol–water partition coefficient (Wildman–Crippen LogP) is 2.51. The van der Waals surface area contributed by atoms with Gasteiger partial charge in [0, 0.05) is 13.1 Å². The van der Waals surface area contributed by atoms with Crippen LogP contribution in [-0.2, 0) is 10.9 Å². The molecule has 0 saturated carbocycles. The number of benzene rings is 1. The summed E-state index contributed by atoms with van der Waals surface area (Å²) in [6, 6.07) is 5.31. The fraction of sp³-hybridized carbons (Fsp3) is 0.571. The van der Waals surface area contributed by atoms with Gasteiger partial charge in [0.15, 0.2) is 0 Å². The fourth-order valence-corrected chi connectivity index (χ4v) is 2.36. The fourth-order valence-electron chi connectivity index (χ4n) is 2.36. The van der Waals surface area contributed by atoms with E-state index < -0.39 is 11.7 Å². The molecular formula is C14H18F3NO2. The number of aliphatic hydroxyl groups excluding tert-OH is 1. The summed E-state index contributed by atoms with van der Waals surface area (Å²) in [5.74, 6) is 0. The van der Waals surface area contributed by atoms with Gasteiger partial charge in [0.25, 0.3) is 0 Å². The zero-order valence-electron chi connectivity index (χ0n) is 11.0. The summed E-state index contributed by atoms with van der Waals surface area (Å²) in [5, 5.41) is 11.7. The molecule has 1 aliphatic heterocycles. The van der Waals surface area contributed by atoms with Gasteiger partial charge in [-0.1, -0.05) is 12.1 Å². The van der Waals surface area contributed by atoms with E-state index in [1.54, 1.807) is 6.07 Å². The third kappa shape index (κ3) is 3.94. The van der Waals surface area contributed by atoms with Gasteiger partial charge >= 0.3 is 6.18 Å². The van der Waals surface area contributed by atoms with Crippen molar-refractivity contribution in [2.45, 2.75) is 31.2 Å². The molecule has 2 rings (SSSR count). The number of hydrogen-bond acceptors (Lipinski definition) is 3. The predicted molar refractivity (Wildman–Crippen MR) is 68.2 cm³/mol. The molecule has 0 amide bonds. The minimum Gasteiger partial charge on any atom is -0.395 e. The Morgan fingerprint density at radius 2 is 2.10 bits per heavy atom. The highest BCUT2D eigenvalue weighted by Gasteiger charge is 2.32. The van der Waals surface area contributed by atoms with Gasteiger partial charge < -0.3 is 15.2 Å². The van der Waals surface area contributed by atoms with E-state index in [0.29, 0.717) is 25.1 Å². The van der Waals surface area contributed by atoms with Gasteiger partial charge in [-0.15, -0.1) is 0 Å². The largest absolute Gasteiger partial charge is 0.416 e. The van der Waals surface area contributed by atoms with Gasteiger partial charge in [-0.2, -0.15) is 13.2 Å². The third-order valence-electron chi connectivity index (χ3n) is 3.35. The molecule has 0 aliphatic carbocycles. The van der Waals surface area contributed by atoms with Crippen molar-refractivity contribution < 1.29 is 23.0 Å². The number of nitrogens with one attached hydrogen (secondary N) is 1. The normalized spacial score (nSPS) is 23.2. The molecular weight excluding hydrogens is 271 g/mol. The summed E-state index contributed by atoms with van der Waals surface area (Å²) in [4.78, 5) is 0. The van der Waals surface area contributed by atoms with E-state index >= 15 is 0 Å². The lowest BCUT2D eigenvalue weighted by Gasteiger charge is -2.16. The Hall–Kier alpha value is -1.11. The molecule has 2 N–H and O–H groups in total. The van der Waals surface area contributed by atoms with Crippen LogP contribution >= 0.6 is 0 Å². The molecule has 0 spiro atoms. The molecule has 112 valence electrons. The lowest BCUT2D eigenvalue weighted by Crippen LogP contribution is -2.28. The van der Waals surface area contributed by atoms with Crippen molar-refractivity contribution in [2.75, 3.05) is 19.7 Å². The van der Waals surface area contributed by atoms with Crippen LogP contribution in [0.2, 0.25) is 0 Å². The van der Waals surface area contributed by atoms with Gasteiger partial charge in [0.2, 0.25) is 0 Å². The Morgan fingerprint density at radius 1 is 1.30 bits per heavy atom. The number of hydrogen-bond donors (Lipinski definition) is 2. The van der Waals surface area contributed by atoms with E-state index in [2.05, 4.69) is 5.32 Å². The van der Waals surface area contributed by atoms with E-state index in [4.69, 9.17) is 9.84 Å². The Morgan fingerprint density at radius 3 is 2.80 bits per heavy atom. The van der Waals surface area contributed by atoms with Crippen LogP contribution in [0.4, 0.5) is 13.2 Å². The summed E-state index contributed by atoms with van der Waals surface area (Å²) in [6.07, 6.45) is -3.10. The molecule has 20 heavy (non-hydrogen) atoms. The highest BCUT2D eigenvalue weighted by atomic mass is 19.4. The highest BCUT2D eigenvalue weighted by molar-refractivity contribution is 5.27. The lowest BCUT2D eigenvalue weighted by molar-refractivity contribution is -0.137. The molecule has 1 saturated heterocycles. The van der Waals surface area contributed by atoms with Gasteiger partial charge in [-0.05, 0) is 30.5 Å². The zero-order valence-corrected chi connectivity index (χ0v) is 11.0. The van der Waals surface area contributed by atoms with E-state index in [0.717, 1.165) is 18.6 Å². The Labute approximate surface area is 115 Å². The van der Waals surface area contributed by atoms with E-state index in [9.17, 15) is 13.2 Å². The van der Waals surface area contributed by atoms with Crippen molar-refractivity contribution in [3.05, 3.63) is 35.4 Å². The molecule has 0 aromatic heterocycles. The van der Waals surface area contributed by atoms with E-state index in [1.165, 1.54) is 6.07 Å². The average molecular weight is 289 g/mol. The zero-order chi connectivity index (χ0) is 14.6. The van der Waals surface area contributed by atoms with Crippen LogP contribution in [0.15, 0.2) is 24.3 Å². The van der Waals surface area contributed by atoms with Crippen LogP contribution in [0.25, 0.3) is 0 Å². The van der Waals surface area contributed by atoms with Gasteiger partial charge in [0.05, 0.1) is 24.4 Å². The second-order valence-electron chi connectivity index (χ2n) is 4.88. The molecule has 1 aromatic carbocycles. The molecule has 0 bridgehead atoms. The van der Waals surface area contributed by atoms with Crippen LogP contribution in [0, 0.1) is 0 Å². The topological polar surface area (TPSA) is 41.5 Å². The number of aliphatic hydroxyl groups is 1. The minimum atomic E-state index is -4.32. The monoisotopic (exact) mass is 289 g/mol. The molecule has 6 heteroatoms. The maximum Gasteiger partial charge on any atom is 0.416 e. The Balaban J connectivity index is 1.96. The van der Waals surface area contributed by atoms with Crippen molar-refractivity contribution in [3.8, 4) is 0 Å². The summed E-state index contributed by atoms with van der Waals surface area (Å²) >= 11 is 0. The molecule has 0 radical (unpaired) electrons. The molecule has 3 nitrogen and oxygen atoms in total. The van der Waals surface area contributed by atoms with Gasteiger partial charge in [-0.3, -0.25) is 0 Å². The number of rotatable bonds is 5. The van der Waals surface area contributed by atoms with Crippen molar-refractivity contribution in [1.82, 2.24) is 5.32 Å². The van der Waals surface area contributed by atoms with Crippen molar-refractivity contribution in [1.29, 1.82) is 0 Å². The summed E-state index contributed by atoms with van der Waals surface area (Å²) in [7, 11) is 0.